The van der Waals surface area contributed by atoms with Crippen LogP contribution < -0.4 is 0 Å². The zero-order valence-corrected chi connectivity index (χ0v) is 15.9. The number of nitrogens with zero attached hydrogens (tertiary/aromatic N) is 1. The summed E-state index contributed by atoms with van der Waals surface area (Å²) >= 11 is 3.79. The predicted molar refractivity (Wildman–Crippen MR) is 96.9 cm³/mol. The van der Waals surface area contributed by atoms with Gasteiger partial charge in [-0.25, -0.2) is 0 Å². The van der Waals surface area contributed by atoms with Crippen LogP contribution in [0.1, 0.15) is 55.4 Å². The fourth-order valence-electron chi connectivity index (χ4n) is 3.67. The second kappa shape index (κ2) is 6.46. The lowest BCUT2D eigenvalue weighted by Gasteiger charge is -2.39. The van der Waals surface area contributed by atoms with E-state index in [2.05, 4.69) is 44.0 Å². The van der Waals surface area contributed by atoms with Crippen molar-refractivity contribution in [2.75, 3.05) is 19.1 Å². The minimum absolute atomic E-state index is 0.0729. The fraction of sp³-hybridized carbons (Fsp3) is 0.750. The van der Waals surface area contributed by atoms with Crippen LogP contribution in [0.5, 0.6) is 0 Å². The quantitative estimate of drug-likeness (QED) is 0.606. The first-order valence-corrected chi connectivity index (χ1v) is 10.5. The highest BCUT2D eigenvalue weighted by Gasteiger charge is 2.44. The van der Waals surface area contributed by atoms with Gasteiger partial charge in [-0.05, 0) is 57.3 Å². The largest absolute Gasteiger partial charge is 0.465 e. The van der Waals surface area contributed by atoms with E-state index in [1.807, 2.05) is 23.5 Å². The molecule has 2 atom stereocenters. The Labute approximate surface area is 143 Å². The zero-order valence-electron chi connectivity index (χ0n) is 14.2. The number of rotatable bonds is 3. The molecule has 0 spiro atoms. The SMILES string of the molecule is CSc1cc2c(n1C)C(SC)CCC2B1OCCC(C)(C)O1. The normalized spacial score (nSPS) is 27.8. The van der Waals surface area contributed by atoms with E-state index in [-0.39, 0.29) is 12.7 Å². The van der Waals surface area contributed by atoms with Gasteiger partial charge in [-0.1, -0.05) is 0 Å². The molecule has 0 radical (unpaired) electrons. The first-order chi connectivity index (χ1) is 10.5. The van der Waals surface area contributed by atoms with E-state index in [4.69, 9.17) is 9.31 Å². The third-order valence-electron chi connectivity index (χ3n) is 4.95. The van der Waals surface area contributed by atoms with E-state index >= 15 is 0 Å². The second-order valence-corrected chi connectivity index (χ2v) is 8.73. The monoisotopic (exact) mass is 339 g/mol. The molecule has 0 bridgehead atoms. The van der Waals surface area contributed by atoms with Crippen LogP contribution in [-0.2, 0) is 16.4 Å². The van der Waals surface area contributed by atoms with Gasteiger partial charge in [0.15, 0.2) is 0 Å². The highest BCUT2D eigenvalue weighted by atomic mass is 32.2. The zero-order chi connectivity index (χ0) is 15.9. The van der Waals surface area contributed by atoms with Gasteiger partial charge >= 0.3 is 7.12 Å². The summed E-state index contributed by atoms with van der Waals surface area (Å²) in [7, 11) is 2.10. The standard InChI is InChI=1S/C16H26BNO2S2/c1-16(2)8-9-19-17(20-16)12-6-7-13(21-4)15-11(12)10-14(22-5)18(15)3/h10,12-13H,6-9H2,1-5H3. The summed E-state index contributed by atoms with van der Waals surface area (Å²) < 4.78 is 14.7. The van der Waals surface area contributed by atoms with Gasteiger partial charge in [0.05, 0.1) is 10.6 Å². The Morgan fingerprint density at radius 1 is 1.32 bits per heavy atom. The summed E-state index contributed by atoms with van der Waals surface area (Å²) in [6.45, 7) is 5.15. The minimum atomic E-state index is -0.0950. The molecule has 1 aliphatic heterocycles. The molecule has 0 aromatic carbocycles. The van der Waals surface area contributed by atoms with Crippen LogP contribution in [0.2, 0.25) is 0 Å². The second-order valence-electron chi connectivity index (χ2n) is 6.86. The van der Waals surface area contributed by atoms with Crippen molar-refractivity contribution in [1.29, 1.82) is 0 Å². The Hall–Kier alpha value is -0.0351. The molecule has 0 amide bonds. The van der Waals surface area contributed by atoms with Crippen LogP contribution in [0, 0.1) is 0 Å². The molecule has 2 heterocycles. The van der Waals surface area contributed by atoms with Gasteiger partial charge < -0.3 is 13.9 Å². The van der Waals surface area contributed by atoms with Crippen LogP contribution in [0.15, 0.2) is 11.1 Å². The maximum absolute atomic E-state index is 6.28. The Bertz CT molecular complexity index is 546. The third-order valence-corrected chi connectivity index (χ3v) is 6.79. The molecule has 6 heteroatoms. The maximum atomic E-state index is 6.28. The van der Waals surface area contributed by atoms with Crippen LogP contribution in [0.25, 0.3) is 0 Å². The average Bonchev–Trinajstić information content (AvgIpc) is 2.82. The van der Waals surface area contributed by atoms with Gasteiger partial charge in [-0.2, -0.15) is 11.8 Å². The van der Waals surface area contributed by atoms with E-state index < -0.39 is 0 Å². The van der Waals surface area contributed by atoms with E-state index in [1.54, 1.807) is 0 Å². The van der Waals surface area contributed by atoms with Crippen molar-refractivity contribution in [3.05, 3.63) is 17.3 Å². The molecule has 22 heavy (non-hydrogen) atoms. The Kier molecular flexibility index (Phi) is 4.94. The van der Waals surface area contributed by atoms with Gasteiger partial charge in [0.2, 0.25) is 0 Å². The van der Waals surface area contributed by atoms with E-state index in [9.17, 15) is 0 Å². The molecule has 1 aromatic rings. The minimum Gasteiger partial charge on any atom is -0.411 e. The molecular formula is C16H26BNO2S2. The summed E-state index contributed by atoms with van der Waals surface area (Å²) in [4.78, 5) is 0. The Morgan fingerprint density at radius 3 is 2.73 bits per heavy atom. The summed E-state index contributed by atoms with van der Waals surface area (Å²) in [5.41, 5.74) is 2.85. The molecule has 3 rings (SSSR count). The number of fused-ring (bicyclic) bond motifs is 1. The van der Waals surface area contributed by atoms with Gasteiger partial charge in [0.1, 0.15) is 0 Å². The molecule has 2 unspecified atom stereocenters. The average molecular weight is 339 g/mol. The van der Waals surface area contributed by atoms with Crippen molar-refractivity contribution in [2.45, 2.75) is 54.8 Å². The Morgan fingerprint density at radius 2 is 2.09 bits per heavy atom. The van der Waals surface area contributed by atoms with Crippen molar-refractivity contribution in [3.63, 3.8) is 0 Å². The summed E-state index contributed by atoms with van der Waals surface area (Å²) in [5, 5.41) is 1.93. The van der Waals surface area contributed by atoms with E-state index in [1.165, 1.54) is 22.7 Å². The molecule has 1 fully saturated rings. The molecule has 1 aliphatic carbocycles. The molecule has 0 saturated carbocycles. The van der Waals surface area contributed by atoms with Gasteiger partial charge in [0.25, 0.3) is 0 Å². The van der Waals surface area contributed by atoms with Crippen molar-refractivity contribution in [1.82, 2.24) is 4.57 Å². The summed E-state index contributed by atoms with van der Waals surface area (Å²) in [6, 6.07) is 2.36. The Balaban J connectivity index is 1.95. The number of aromatic nitrogens is 1. The van der Waals surface area contributed by atoms with Crippen molar-refractivity contribution < 1.29 is 9.31 Å². The van der Waals surface area contributed by atoms with Crippen LogP contribution >= 0.6 is 23.5 Å². The van der Waals surface area contributed by atoms with Crippen LogP contribution in [0.4, 0.5) is 0 Å². The molecular weight excluding hydrogens is 313 g/mol. The molecule has 122 valence electrons. The van der Waals surface area contributed by atoms with Crippen molar-refractivity contribution in [3.8, 4) is 0 Å². The van der Waals surface area contributed by atoms with Crippen LogP contribution in [-0.4, -0.2) is 36.4 Å². The highest BCUT2D eigenvalue weighted by Crippen LogP contribution is 2.47. The lowest BCUT2D eigenvalue weighted by Crippen LogP contribution is -2.46. The maximum Gasteiger partial charge on any atom is 0.465 e. The number of hydrogen-bond acceptors (Lipinski definition) is 4. The first-order valence-electron chi connectivity index (χ1n) is 8.02. The van der Waals surface area contributed by atoms with Gasteiger partial charge in [-0.15, -0.1) is 11.8 Å². The molecule has 1 aromatic heterocycles. The van der Waals surface area contributed by atoms with Crippen LogP contribution in [0.3, 0.4) is 0 Å². The topological polar surface area (TPSA) is 23.4 Å². The van der Waals surface area contributed by atoms with Gasteiger partial charge in [-0.3, -0.25) is 0 Å². The molecule has 3 nitrogen and oxygen atoms in total. The summed E-state index contributed by atoms with van der Waals surface area (Å²) in [5.74, 6) is 0.366. The van der Waals surface area contributed by atoms with Crippen molar-refractivity contribution >= 4 is 30.6 Å². The number of thioether (sulfide) groups is 2. The highest BCUT2D eigenvalue weighted by molar-refractivity contribution is 7.99. The molecule has 1 saturated heterocycles. The first kappa shape index (κ1) is 16.8. The molecule has 0 N–H and O–H groups in total. The van der Waals surface area contributed by atoms with E-state index in [0.717, 1.165) is 19.4 Å². The smallest absolute Gasteiger partial charge is 0.411 e. The lowest BCUT2D eigenvalue weighted by atomic mass is 9.62. The summed E-state index contributed by atoms with van der Waals surface area (Å²) in [6.07, 6.45) is 7.70. The molecule has 2 aliphatic rings. The van der Waals surface area contributed by atoms with Crippen molar-refractivity contribution in [2.24, 2.45) is 7.05 Å². The lowest BCUT2D eigenvalue weighted by molar-refractivity contribution is 0.0000372. The number of hydrogen-bond donors (Lipinski definition) is 0. The third kappa shape index (κ3) is 3.00. The van der Waals surface area contributed by atoms with E-state index in [0.29, 0.717) is 11.1 Å². The fourth-order valence-corrected chi connectivity index (χ4v) is 5.18. The predicted octanol–water partition coefficient (Wildman–Crippen LogP) is 4.27. The van der Waals surface area contributed by atoms with Gasteiger partial charge in [0, 0.05) is 30.4 Å².